The van der Waals surface area contributed by atoms with Crippen LogP contribution in [0.15, 0.2) is 22.9 Å². The molecule has 0 aliphatic carbocycles. The Balaban J connectivity index is 1.85. The van der Waals surface area contributed by atoms with Gasteiger partial charge < -0.3 is 107 Å². The average Bonchev–Trinajstić information content (AvgIpc) is 2.93. The number of nitrogens with zero attached hydrogens (tertiary/aromatic N) is 3. The van der Waals surface area contributed by atoms with E-state index in [1.54, 1.807) is 0 Å². The molecule has 1 aromatic heterocycles. The zero-order chi connectivity index (χ0) is 36.8. The SMILES string of the molecule is Oc1c(O)c(Nc2ncnc3cc(OCC4(O)C(O)(O)C(O)(O)N(C(O)(O)O)C(O)(O)C4(O)O)c(OC(O)(O)O)cc23)c(F)c(O)c1Br. The van der Waals surface area contributed by atoms with Gasteiger partial charge in [0, 0.05) is 11.5 Å². The Morgan fingerprint density at radius 2 is 1.33 bits per heavy atom. The van der Waals surface area contributed by atoms with Gasteiger partial charge in [0.05, 0.1) is 5.52 Å². The van der Waals surface area contributed by atoms with Gasteiger partial charge in [0.1, 0.15) is 28.9 Å². The van der Waals surface area contributed by atoms with Crippen LogP contribution in [0.3, 0.4) is 0 Å². The van der Waals surface area contributed by atoms with Gasteiger partial charge in [-0.3, -0.25) is 0 Å². The Morgan fingerprint density at radius 1 is 0.792 bits per heavy atom. The van der Waals surface area contributed by atoms with Crippen molar-refractivity contribution >= 4 is 38.3 Å². The third kappa shape index (κ3) is 5.44. The molecule has 2 aromatic carbocycles. The van der Waals surface area contributed by atoms with Crippen molar-refractivity contribution in [2.45, 2.75) is 41.3 Å². The van der Waals surface area contributed by atoms with Crippen molar-refractivity contribution in [1.29, 1.82) is 0 Å². The second kappa shape index (κ2) is 11.2. The number of anilines is 2. The third-order valence-corrected chi connectivity index (χ3v) is 7.70. The number of aromatic nitrogens is 2. The largest absolute Gasteiger partial charge is 0.504 e. The van der Waals surface area contributed by atoms with E-state index in [0.29, 0.717) is 12.1 Å². The topological polar surface area (TPSA) is 424 Å². The summed E-state index contributed by atoms with van der Waals surface area (Å²) in [7, 11) is 0. The Hall–Kier alpha value is -3.65. The van der Waals surface area contributed by atoms with Gasteiger partial charge in [-0.2, -0.15) is 0 Å². The maximum absolute atomic E-state index is 14.8. The van der Waals surface area contributed by atoms with Crippen LogP contribution in [0.5, 0.6) is 28.7 Å². The Morgan fingerprint density at radius 3 is 1.83 bits per heavy atom. The molecule has 4 rings (SSSR count). The number of phenols is 3. The summed E-state index contributed by atoms with van der Waals surface area (Å²) in [4.78, 5) is 5.84. The molecule has 0 radical (unpaired) electrons. The van der Waals surface area contributed by atoms with Crippen LogP contribution in [-0.4, -0.2) is 155 Å². The van der Waals surface area contributed by atoms with Crippen LogP contribution < -0.4 is 14.8 Å². The molecule has 1 aliphatic rings. The van der Waals surface area contributed by atoms with E-state index in [9.17, 15) is 96.3 Å². The number of piperidine rings is 1. The van der Waals surface area contributed by atoms with Crippen molar-refractivity contribution in [2.75, 3.05) is 11.9 Å². The van der Waals surface area contributed by atoms with Crippen LogP contribution in [0.4, 0.5) is 15.9 Å². The van der Waals surface area contributed by atoms with E-state index in [1.807, 2.05) is 0 Å². The molecule has 24 nitrogen and oxygen atoms in total. The number of hydrogen-bond donors (Lipinski definition) is 19. The molecule has 0 amide bonds. The number of ether oxygens (including phenoxy) is 2. The van der Waals surface area contributed by atoms with E-state index >= 15 is 0 Å². The smallest absolute Gasteiger partial charge is 0.453 e. The number of fused-ring (bicyclic) bond motifs is 1. The molecule has 0 spiro atoms. The molecule has 266 valence electrons. The fraction of sp³-hybridized carbons (Fsp3) is 0.364. The lowest BCUT2D eigenvalue weighted by atomic mass is 9.75. The van der Waals surface area contributed by atoms with E-state index in [4.69, 9.17) is 4.74 Å². The molecular formula is C22H24BrFN4O20. The minimum Gasteiger partial charge on any atom is -0.504 e. The highest BCUT2D eigenvalue weighted by Crippen LogP contribution is 2.52. The summed E-state index contributed by atoms with van der Waals surface area (Å²) in [6.07, 6.45) is -8.29. The molecule has 1 saturated heterocycles. The number of hydrogen-bond acceptors (Lipinski definition) is 24. The number of benzene rings is 2. The minimum absolute atomic E-state index is 0.395. The predicted molar refractivity (Wildman–Crippen MR) is 142 cm³/mol. The maximum atomic E-state index is 14.8. The zero-order valence-electron chi connectivity index (χ0n) is 22.9. The number of halogens is 2. The number of aromatic hydroxyl groups is 3. The predicted octanol–water partition coefficient (Wildman–Crippen LogP) is -6.99. The second-order valence-electron chi connectivity index (χ2n) is 10.1. The summed E-state index contributed by atoms with van der Waals surface area (Å²) in [6.45, 7) is -2.19. The van der Waals surface area contributed by atoms with E-state index in [1.165, 1.54) is 0 Å². The van der Waals surface area contributed by atoms with Gasteiger partial charge in [-0.15, -0.1) is 4.90 Å². The first-order valence-electron chi connectivity index (χ1n) is 12.2. The average molecular weight is 763 g/mol. The fourth-order valence-electron chi connectivity index (χ4n) is 4.52. The lowest BCUT2D eigenvalue weighted by Gasteiger charge is -2.63. The first-order valence-corrected chi connectivity index (χ1v) is 13.0. The standard InChI is InChI=1S/C22H24BrFN4O20/c23-9-12(29)10(24)11(14(31)13(9)30)27-15-5-1-8(48-22(44,45)46)7(2-6(5)25-4-26-15)47-3-16(32)17(33,34)19(37,38)28(21(41,42)43)20(39,40)18(16,35)36/h1-2,4,29-46H,3H2,(H,25,26,27). The van der Waals surface area contributed by atoms with Gasteiger partial charge in [0.25, 0.3) is 23.4 Å². The second-order valence-corrected chi connectivity index (χ2v) is 10.9. The van der Waals surface area contributed by atoms with Crippen LogP contribution in [0.25, 0.3) is 10.9 Å². The monoisotopic (exact) mass is 762 g/mol. The van der Waals surface area contributed by atoms with Crippen molar-refractivity contribution in [1.82, 2.24) is 14.9 Å². The summed E-state index contributed by atoms with van der Waals surface area (Å²) in [5.41, 5.74) is -6.03. The van der Waals surface area contributed by atoms with Gasteiger partial charge in [-0.05, 0) is 22.0 Å². The molecule has 0 saturated carbocycles. The van der Waals surface area contributed by atoms with Gasteiger partial charge in [-0.25, -0.2) is 14.4 Å². The Kier molecular flexibility index (Phi) is 8.67. The number of phenolic OH excluding ortho intramolecular Hbond substituents is 3. The summed E-state index contributed by atoms with van der Waals surface area (Å²) >= 11 is 2.64. The molecular weight excluding hydrogens is 739 g/mol. The molecule has 19 N–H and O–H groups in total. The molecule has 26 heteroatoms. The normalized spacial score (nSPS) is 20.0. The van der Waals surface area contributed by atoms with E-state index in [0.717, 1.165) is 6.33 Å². The lowest BCUT2D eigenvalue weighted by Crippen LogP contribution is -2.96. The molecule has 3 aromatic rings. The summed E-state index contributed by atoms with van der Waals surface area (Å²) in [6, 6.07) is 1.25. The van der Waals surface area contributed by atoms with Crippen molar-refractivity contribution < 1.29 is 106 Å². The fourth-order valence-corrected chi connectivity index (χ4v) is 4.88. The van der Waals surface area contributed by atoms with Crippen molar-refractivity contribution in [2.24, 2.45) is 0 Å². The summed E-state index contributed by atoms with van der Waals surface area (Å²) in [5.74, 6) is -27.8. The minimum atomic E-state index is -5.05. The van der Waals surface area contributed by atoms with Gasteiger partial charge >= 0.3 is 12.3 Å². The van der Waals surface area contributed by atoms with Crippen molar-refractivity contribution in [3.8, 4) is 28.7 Å². The number of rotatable bonds is 8. The molecule has 1 fully saturated rings. The molecule has 0 atom stereocenters. The van der Waals surface area contributed by atoms with Crippen LogP contribution >= 0.6 is 15.9 Å². The van der Waals surface area contributed by atoms with Crippen molar-refractivity contribution in [3.05, 3.63) is 28.7 Å². The Labute approximate surface area is 269 Å². The summed E-state index contributed by atoms with van der Waals surface area (Å²) in [5, 5.41) is 182. The van der Waals surface area contributed by atoms with E-state index in [-0.39, 0.29) is 0 Å². The highest BCUT2D eigenvalue weighted by atomic mass is 79.9. The Bertz CT molecular complexity index is 1700. The van der Waals surface area contributed by atoms with E-state index in [2.05, 4.69) is 36.0 Å². The van der Waals surface area contributed by atoms with Gasteiger partial charge in [-0.1, -0.05) is 0 Å². The quantitative estimate of drug-likeness (QED) is 0.0575. The first kappa shape index (κ1) is 37.2. The number of likely N-dealkylation sites (tertiary alicyclic amines) is 1. The van der Waals surface area contributed by atoms with Crippen LogP contribution in [0.1, 0.15) is 0 Å². The third-order valence-electron chi connectivity index (χ3n) is 6.94. The van der Waals surface area contributed by atoms with Gasteiger partial charge in [0.15, 0.2) is 34.6 Å². The lowest BCUT2D eigenvalue weighted by molar-refractivity contribution is -0.644. The number of aliphatic hydroxyl groups is 15. The van der Waals surface area contributed by atoms with Gasteiger partial charge in [0.2, 0.25) is 5.60 Å². The maximum Gasteiger partial charge on any atom is 0.453 e. The molecule has 0 bridgehead atoms. The van der Waals surface area contributed by atoms with Crippen LogP contribution in [0.2, 0.25) is 0 Å². The molecule has 2 heterocycles. The molecule has 48 heavy (non-hydrogen) atoms. The highest BCUT2D eigenvalue weighted by molar-refractivity contribution is 9.10. The highest BCUT2D eigenvalue weighted by Gasteiger charge is 2.87. The zero-order valence-corrected chi connectivity index (χ0v) is 24.5. The summed E-state index contributed by atoms with van der Waals surface area (Å²) < 4.78 is 23.6. The number of nitrogens with one attached hydrogen (secondary N) is 1. The molecule has 0 unspecified atom stereocenters. The first-order chi connectivity index (χ1) is 21.5. The van der Waals surface area contributed by atoms with Crippen LogP contribution in [-0.2, 0) is 0 Å². The van der Waals surface area contributed by atoms with E-state index < -0.39 is 114 Å². The van der Waals surface area contributed by atoms with Crippen LogP contribution in [0, 0.1) is 5.82 Å². The molecule has 1 aliphatic heterocycles. The van der Waals surface area contributed by atoms with Crippen molar-refractivity contribution in [3.63, 3.8) is 0 Å².